The summed E-state index contributed by atoms with van der Waals surface area (Å²) in [6, 6.07) is 9.95. The molecule has 22 heavy (non-hydrogen) atoms. The summed E-state index contributed by atoms with van der Waals surface area (Å²) in [7, 11) is 2.48. The zero-order valence-electron chi connectivity index (χ0n) is 12.8. The number of ether oxygens (including phenoxy) is 2. The van der Waals surface area contributed by atoms with Gasteiger partial charge in [-0.2, -0.15) is 0 Å². The molecule has 0 unspecified atom stereocenters. The lowest BCUT2D eigenvalue weighted by Gasteiger charge is -2.07. The van der Waals surface area contributed by atoms with E-state index >= 15 is 0 Å². The minimum absolute atomic E-state index is 0.0642. The Kier molecular flexibility index (Phi) is 4.88. The third-order valence-corrected chi connectivity index (χ3v) is 3.37. The third kappa shape index (κ3) is 3.31. The van der Waals surface area contributed by atoms with Gasteiger partial charge in [0.15, 0.2) is 18.9 Å². The van der Waals surface area contributed by atoms with Crippen molar-refractivity contribution in [2.45, 2.75) is 13.5 Å². The fourth-order valence-corrected chi connectivity index (χ4v) is 2.27. The number of fused-ring (bicyclic) bond motifs is 1. The molecule has 2 aromatic rings. The first-order valence-electron chi connectivity index (χ1n) is 6.81. The number of carbonyl (C=O) groups is 2. The number of nitrogens with zero attached hydrogens (tertiary/aromatic N) is 1. The summed E-state index contributed by atoms with van der Waals surface area (Å²) >= 11 is 0. The van der Waals surface area contributed by atoms with E-state index in [0.717, 1.165) is 10.8 Å². The molecule has 2 rings (SSSR count). The Hall–Kier alpha value is -2.69. The maximum atomic E-state index is 11.8. The largest absolute Gasteiger partial charge is 0.465 e. The van der Waals surface area contributed by atoms with Crippen molar-refractivity contribution in [3.63, 3.8) is 0 Å². The quantitative estimate of drug-likeness (QED) is 0.284. The van der Waals surface area contributed by atoms with Gasteiger partial charge in [0.2, 0.25) is 0 Å². The molecular formula is C17H18NO4+. The first-order chi connectivity index (χ1) is 10.6. The van der Waals surface area contributed by atoms with Gasteiger partial charge in [-0.15, -0.1) is 0 Å². The molecule has 0 saturated heterocycles. The molecular weight excluding hydrogens is 282 g/mol. The number of carbonyl (C=O) groups excluding carboxylic acids is 2. The van der Waals surface area contributed by atoms with E-state index in [4.69, 9.17) is 0 Å². The van der Waals surface area contributed by atoms with E-state index in [2.05, 4.69) is 9.47 Å². The van der Waals surface area contributed by atoms with Gasteiger partial charge in [0.1, 0.15) is 5.57 Å². The number of esters is 2. The average Bonchev–Trinajstić information content (AvgIpc) is 2.54. The molecule has 0 radical (unpaired) electrons. The Morgan fingerprint density at radius 1 is 1.00 bits per heavy atom. The molecule has 0 amide bonds. The van der Waals surface area contributed by atoms with Gasteiger partial charge in [0.25, 0.3) is 0 Å². The fourth-order valence-electron chi connectivity index (χ4n) is 2.27. The Morgan fingerprint density at radius 2 is 1.59 bits per heavy atom. The molecule has 0 N–H and O–H groups in total. The highest BCUT2D eigenvalue weighted by atomic mass is 16.5. The van der Waals surface area contributed by atoms with Crippen LogP contribution in [-0.4, -0.2) is 26.2 Å². The van der Waals surface area contributed by atoms with Crippen molar-refractivity contribution in [3.8, 4) is 0 Å². The molecule has 0 aliphatic heterocycles. The van der Waals surface area contributed by atoms with Crippen LogP contribution in [0.25, 0.3) is 10.8 Å². The molecule has 0 bridgehead atoms. The maximum Gasteiger partial charge on any atom is 0.345 e. The second kappa shape index (κ2) is 6.85. The highest BCUT2D eigenvalue weighted by Crippen LogP contribution is 2.12. The van der Waals surface area contributed by atoms with E-state index in [9.17, 15) is 9.59 Å². The molecule has 0 spiro atoms. The number of rotatable bonds is 4. The second-order valence-electron chi connectivity index (χ2n) is 4.88. The maximum absolute atomic E-state index is 11.8. The average molecular weight is 300 g/mol. The molecule has 0 aliphatic carbocycles. The molecule has 0 atom stereocenters. The van der Waals surface area contributed by atoms with E-state index in [-0.39, 0.29) is 5.57 Å². The zero-order chi connectivity index (χ0) is 16.1. The predicted octanol–water partition coefficient (Wildman–Crippen LogP) is 1.79. The van der Waals surface area contributed by atoms with Gasteiger partial charge in [0.05, 0.1) is 14.2 Å². The van der Waals surface area contributed by atoms with Crippen molar-refractivity contribution in [1.82, 2.24) is 0 Å². The highest BCUT2D eigenvalue weighted by molar-refractivity contribution is 6.14. The molecule has 5 heteroatoms. The lowest BCUT2D eigenvalue weighted by Crippen LogP contribution is -2.34. The highest BCUT2D eigenvalue weighted by Gasteiger charge is 2.24. The van der Waals surface area contributed by atoms with Crippen molar-refractivity contribution in [3.05, 3.63) is 53.9 Å². The summed E-state index contributed by atoms with van der Waals surface area (Å²) in [4.78, 5) is 23.5. The first kappa shape index (κ1) is 15.7. The summed E-state index contributed by atoms with van der Waals surface area (Å²) in [6.45, 7) is 2.11. The topological polar surface area (TPSA) is 56.5 Å². The Balaban J connectivity index is 2.37. The van der Waals surface area contributed by atoms with Gasteiger partial charge in [-0.3, -0.25) is 0 Å². The molecule has 0 fully saturated rings. The van der Waals surface area contributed by atoms with Gasteiger partial charge in [-0.1, -0.05) is 18.2 Å². The molecule has 1 aromatic heterocycles. The van der Waals surface area contributed by atoms with E-state index in [1.165, 1.54) is 14.2 Å². The number of hydrogen-bond donors (Lipinski definition) is 0. The third-order valence-electron chi connectivity index (χ3n) is 3.37. The molecule has 114 valence electrons. The van der Waals surface area contributed by atoms with Crippen LogP contribution in [0.4, 0.5) is 0 Å². The van der Waals surface area contributed by atoms with Gasteiger partial charge < -0.3 is 9.47 Å². The lowest BCUT2D eigenvalue weighted by atomic mass is 10.1. The summed E-state index contributed by atoms with van der Waals surface area (Å²) in [6.07, 6.45) is 3.86. The number of pyridine rings is 1. The van der Waals surface area contributed by atoms with E-state index in [0.29, 0.717) is 12.1 Å². The van der Waals surface area contributed by atoms with Crippen LogP contribution in [0.2, 0.25) is 0 Å². The number of benzene rings is 1. The predicted molar refractivity (Wildman–Crippen MR) is 80.9 cm³/mol. The van der Waals surface area contributed by atoms with Crippen molar-refractivity contribution in [2.24, 2.45) is 0 Å². The molecule has 0 saturated carbocycles. The van der Waals surface area contributed by atoms with E-state index in [1.54, 1.807) is 6.92 Å². The molecule has 0 aliphatic rings. The summed E-state index contributed by atoms with van der Waals surface area (Å²) in [5, 5.41) is 2.21. The minimum atomic E-state index is -0.689. The summed E-state index contributed by atoms with van der Waals surface area (Å²) < 4.78 is 11.2. The van der Waals surface area contributed by atoms with Gasteiger partial charge >= 0.3 is 11.9 Å². The monoisotopic (exact) mass is 300 g/mol. The SMILES string of the molecule is COC(=O)C(C(=O)OC)=C(C)C[n+]1ccc2ccccc2c1. The van der Waals surface area contributed by atoms with E-state index in [1.807, 2.05) is 47.3 Å². The number of aromatic nitrogens is 1. The smallest absolute Gasteiger partial charge is 0.345 e. The Labute approximate surface area is 128 Å². The van der Waals surface area contributed by atoms with Gasteiger partial charge in [-0.05, 0) is 18.4 Å². The van der Waals surface area contributed by atoms with Crippen LogP contribution >= 0.6 is 0 Å². The first-order valence-corrected chi connectivity index (χ1v) is 6.81. The van der Waals surface area contributed by atoms with Crippen LogP contribution in [0.1, 0.15) is 6.92 Å². The Morgan fingerprint density at radius 3 is 2.18 bits per heavy atom. The van der Waals surface area contributed by atoms with Crippen molar-refractivity contribution in [1.29, 1.82) is 0 Å². The second-order valence-corrected chi connectivity index (χ2v) is 4.88. The number of hydrogen-bond acceptors (Lipinski definition) is 4. The van der Waals surface area contributed by atoms with Crippen molar-refractivity contribution < 1.29 is 23.6 Å². The van der Waals surface area contributed by atoms with Crippen LogP contribution in [-0.2, 0) is 25.6 Å². The number of allylic oxidation sites excluding steroid dienone is 1. The number of methoxy groups -OCH3 is 2. The molecule has 1 heterocycles. The lowest BCUT2D eigenvalue weighted by molar-refractivity contribution is -0.687. The zero-order valence-corrected chi connectivity index (χ0v) is 12.8. The van der Waals surface area contributed by atoms with Crippen LogP contribution in [0.3, 0.4) is 0 Å². The minimum Gasteiger partial charge on any atom is -0.465 e. The molecule has 1 aromatic carbocycles. The van der Waals surface area contributed by atoms with Gasteiger partial charge in [0, 0.05) is 17.0 Å². The van der Waals surface area contributed by atoms with Crippen LogP contribution in [0.5, 0.6) is 0 Å². The van der Waals surface area contributed by atoms with E-state index < -0.39 is 11.9 Å². The van der Waals surface area contributed by atoms with Crippen molar-refractivity contribution in [2.75, 3.05) is 14.2 Å². The standard InChI is InChI=1S/C17H18NO4/c1-12(15(16(19)21-2)17(20)22-3)10-18-9-8-13-6-4-5-7-14(13)11-18/h4-9,11H,10H2,1-3H3/q+1. The summed E-state index contributed by atoms with van der Waals surface area (Å²) in [5.41, 5.74) is 0.518. The normalized spacial score (nSPS) is 10.1. The summed E-state index contributed by atoms with van der Waals surface area (Å²) in [5.74, 6) is -1.38. The Bertz CT molecular complexity index is 731. The van der Waals surface area contributed by atoms with Gasteiger partial charge in [-0.25, -0.2) is 14.2 Å². The van der Waals surface area contributed by atoms with Crippen LogP contribution < -0.4 is 4.57 Å². The van der Waals surface area contributed by atoms with Crippen LogP contribution in [0, 0.1) is 0 Å². The fraction of sp³-hybridized carbons (Fsp3) is 0.235. The molecule has 5 nitrogen and oxygen atoms in total. The van der Waals surface area contributed by atoms with Crippen LogP contribution in [0.15, 0.2) is 53.9 Å². The van der Waals surface area contributed by atoms with Crippen molar-refractivity contribution >= 4 is 22.7 Å².